The van der Waals surface area contributed by atoms with Gasteiger partial charge in [0.1, 0.15) is 11.9 Å². The number of benzene rings is 2. The van der Waals surface area contributed by atoms with Crippen molar-refractivity contribution < 1.29 is 9.53 Å². The third-order valence-electron chi connectivity index (χ3n) is 6.31. The number of aryl methyl sites for hydroxylation is 1. The molecule has 176 valence electrons. The Morgan fingerprint density at radius 3 is 2.61 bits per heavy atom. The number of amides is 1. The number of halogens is 1. The molecule has 2 aromatic rings. The smallest absolute Gasteiger partial charge is 0.261 e. The summed E-state index contributed by atoms with van der Waals surface area (Å²) in [6.07, 6.45) is 5.72. The molecule has 0 radical (unpaired) electrons. The van der Waals surface area contributed by atoms with E-state index >= 15 is 0 Å². The lowest BCUT2D eigenvalue weighted by molar-refractivity contribution is -0.133. The second-order valence-corrected chi connectivity index (χ2v) is 10.8. The number of unbranched alkanes of at least 4 members (excludes halogenated alkanes) is 1. The largest absolute Gasteiger partial charge is 0.485 e. The highest BCUT2D eigenvalue weighted by atomic mass is 79.9. The number of hydrogen-bond donors (Lipinski definition) is 0. The third-order valence-corrected chi connectivity index (χ3v) is 7.98. The molecule has 2 unspecified atom stereocenters. The lowest BCUT2D eigenvalue weighted by Crippen LogP contribution is -2.44. The minimum atomic E-state index is -0.936. The second-order valence-electron chi connectivity index (χ2n) is 8.86. The number of nitrogens with zero attached hydrogens (tertiary/aromatic N) is 2. The van der Waals surface area contributed by atoms with E-state index in [1.54, 1.807) is 11.8 Å². The molecule has 6 heteroatoms. The lowest BCUT2D eigenvalue weighted by Gasteiger charge is -2.37. The van der Waals surface area contributed by atoms with Crippen molar-refractivity contribution in [3.8, 4) is 5.75 Å². The first-order valence-electron chi connectivity index (χ1n) is 12.1. The minimum Gasteiger partial charge on any atom is -0.485 e. The molecule has 4 rings (SSSR count). The van der Waals surface area contributed by atoms with E-state index in [-0.39, 0.29) is 12.0 Å². The highest BCUT2D eigenvalue weighted by Crippen LogP contribution is 2.51. The van der Waals surface area contributed by atoms with Crippen LogP contribution in [0.5, 0.6) is 5.75 Å². The van der Waals surface area contributed by atoms with Crippen LogP contribution in [0.2, 0.25) is 0 Å². The maximum atomic E-state index is 14.0. The van der Waals surface area contributed by atoms with Crippen LogP contribution in [0.4, 0.5) is 0 Å². The zero-order chi connectivity index (χ0) is 23.4. The molecule has 2 aliphatic rings. The van der Waals surface area contributed by atoms with Crippen LogP contribution >= 0.6 is 27.7 Å². The molecule has 2 aliphatic heterocycles. The number of ether oxygens (including phenoxy) is 1. The number of fused-ring (bicyclic) bond motifs is 2. The van der Waals surface area contributed by atoms with Crippen LogP contribution in [-0.2, 0) is 16.8 Å². The van der Waals surface area contributed by atoms with Crippen molar-refractivity contribution >= 4 is 38.8 Å². The molecular formula is C27H33BrN2O2S. The molecule has 2 heterocycles. The van der Waals surface area contributed by atoms with Crippen LogP contribution in [-0.4, -0.2) is 28.3 Å². The molecule has 0 fully saturated rings. The number of carbonyl (C=O) groups is 1. The van der Waals surface area contributed by atoms with Gasteiger partial charge in [0, 0.05) is 28.8 Å². The van der Waals surface area contributed by atoms with E-state index in [2.05, 4.69) is 61.0 Å². The number of rotatable bonds is 8. The molecule has 4 nitrogen and oxygen atoms in total. The summed E-state index contributed by atoms with van der Waals surface area (Å²) in [4.78, 5) is 21.1. The summed E-state index contributed by atoms with van der Waals surface area (Å²) in [6.45, 7) is 7.17. The van der Waals surface area contributed by atoms with Crippen molar-refractivity contribution in [1.29, 1.82) is 0 Å². The Kier molecular flexibility index (Phi) is 7.85. The van der Waals surface area contributed by atoms with Gasteiger partial charge in [-0.25, -0.2) is 4.99 Å². The topological polar surface area (TPSA) is 41.9 Å². The Labute approximate surface area is 210 Å². The maximum Gasteiger partial charge on any atom is 0.261 e. The van der Waals surface area contributed by atoms with Crippen LogP contribution in [0.25, 0.3) is 0 Å². The van der Waals surface area contributed by atoms with Gasteiger partial charge in [0.05, 0.1) is 0 Å². The van der Waals surface area contributed by atoms with Crippen molar-refractivity contribution in [3.05, 3.63) is 63.6 Å². The molecule has 0 saturated carbocycles. The first-order chi connectivity index (χ1) is 16.0. The minimum absolute atomic E-state index is 0.0789. The van der Waals surface area contributed by atoms with Crippen LogP contribution < -0.4 is 4.74 Å². The van der Waals surface area contributed by atoms with Gasteiger partial charge in [-0.2, -0.15) is 0 Å². The van der Waals surface area contributed by atoms with E-state index in [0.717, 1.165) is 51.5 Å². The molecule has 0 saturated heterocycles. The van der Waals surface area contributed by atoms with Crippen molar-refractivity contribution in [2.45, 2.75) is 70.9 Å². The summed E-state index contributed by atoms with van der Waals surface area (Å²) in [7, 11) is 0. The van der Waals surface area contributed by atoms with Gasteiger partial charge in [0.25, 0.3) is 5.91 Å². The van der Waals surface area contributed by atoms with Crippen molar-refractivity contribution in [3.63, 3.8) is 0 Å². The molecule has 0 N–H and O–H groups in total. The summed E-state index contributed by atoms with van der Waals surface area (Å²) in [5.74, 6) is 1.78. The highest BCUT2D eigenvalue weighted by Gasteiger charge is 2.54. The highest BCUT2D eigenvalue weighted by molar-refractivity contribution is 9.10. The maximum absolute atomic E-state index is 14.0. The predicted octanol–water partition coefficient (Wildman–Crippen LogP) is 7.26. The Balaban J connectivity index is 1.74. The van der Waals surface area contributed by atoms with Crippen LogP contribution in [0.1, 0.15) is 75.7 Å². The fraction of sp³-hybridized carbons (Fsp3) is 0.481. The summed E-state index contributed by atoms with van der Waals surface area (Å²) in [5, 5.41) is 0.852. The quantitative estimate of drug-likeness (QED) is 0.361. The average Bonchev–Trinajstić information content (AvgIpc) is 3.08. The lowest BCUT2D eigenvalue weighted by atomic mass is 9.80. The van der Waals surface area contributed by atoms with Gasteiger partial charge in [0.2, 0.25) is 0 Å². The number of amidine groups is 1. The molecular weight excluding hydrogens is 496 g/mol. The number of carbonyl (C=O) groups excluding carboxylic acids is 1. The number of thioether (sulfide) groups is 1. The van der Waals surface area contributed by atoms with Crippen molar-refractivity contribution in [1.82, 2.24) is 4.90 Å². The molecule has 0 bridgehead atoms. The SMILES string of the molecule is CCCCc1ccc(C2CC3(N=C(SCCC)N(CCC)C3=O)c3cc(Br)ccc3O2)cc1. The fourth-order valence-electron chi connectivity index (χ4n) is 4.58. The van der Waals surface area contributed by atoms with Gasteiger partial charge < -0.3 is 4.74 Å². The van der Waals surface area contributed by atoms with Crippen LogP contribution in [0.15, 0.2) is 51.9 Å². The first-order valence-corrected chi connectivity index (χ1v) is 13.9. The van der Waals surface area contributed by atoms with E-state index < -0.39 is 5.54 Å². The Bertz CT molecular complexity index is 1020. The van der Waals surface area contributed by atoms with E-state index in [1.165, 1.54) is 18.4 Å². The summed E-state index contributed by atoms with van der Waals surface area (Å²) >= 11 is 5.29. The Morgan fingerprint density at radius 1 is 1.12 bits per heavy atom. The van der Waals surface area contributed by atoms with Gasteiger partial charge in [-0.3, -0.25) is 9.69 Å². The zero-order valence-corrected chi connectivity index (χ0v) is 22.2. The van der Waals surface area contributed by atoms with E-state index in [4.69, 9.17) is 9.73 Å². The van der Waals surface area contributed by atoms with Gasteiger partial charge in [0.15, 0.2) is 10.7 Å². The molecule has 0 aliphatic carbocycles. The molecule has 1 amide bonds. The van der Waals surface area contributed by atoms with E-state index in [1.807, 2.05) is 23.1 Å². The summed E-state index contributed by atoms with van der Waals surface area (Å²) < 4.78 is 7.41. The van der Waals surface area contributed by atoms with Crippen LogP contribution in [0, 0.1) is 0 Å². The van der Waals surface area contributed by atoms with Crippen molar-refractivity contribution in [2.75, 3.05) is 12.3 Å². The average molecular weight is 530 g/mol. The Morgan fingerprint density at radius 2 is 1.91 bits per heavy atom. The van der Waals surface area contributed by atoms with Gasteiger partial charge in [-0.1, -0.05) is 79.1 Å². The molecule has 1 spiro atoms. The second kappa shape index (κ2) is 10.6. The normalized spacial score (nSPS) is 21.8. The van der Waals surface area contributed by atoms with Gasteiger partial charge in [-0.15, -0.1) is 0 Å². The monoisotopic (exact) mass is 528 g/mol. The molecule has 2 atom stereocenters. The zero-order valence-electron chi connectivity index (χ0n) is 19.8. The summed E-state index contributed by atoms with van der Waals surface area (Å²) in [6, 6.07) is 14.7. The third kappa shape index (κ3) is 4.88. The van der Waals surface area contributed by atoms with Crippen molar-refractivity contribution in [2.24, 2.45) is 4.99 Å². The summed E-state index contributed by atoms with van der Waals surface area (Å²) in [5.41, 5.74) is 2.38. The molecule has 2 aromatic carbocycles. The fourth-order valence-corrected chi connectivity index (χ4v) is 5.88. The number of aliphatic imine (C=N–C) groups is 1. The Hall–Kier alpha value is -1.79. The van der Waals surface area contributed by atoms with Gasteiger partial charge in [-0.05, 0) is 55.0 Å². The van der Waals surface area contributed by atoms with Gasteiger partial charge >= 0.3 is 0 Å². The number of hydrogen-bond acceptors (Lipinski definition) is 4. The standard InChI is InChI=1S/C27H33BrN2O2S/c1-4-7-8-19-9-11-20(12-10-19)24-18-27(22-17-21(28)13-14-23(22)32-24)25(31)30(15-5-2)26(29-27)33-16-6-3/h9-14,17,24H,4-8,15-16,18H2,1-3H3. The first kappa shape index (κ1) is 24.3. The molecule has 0 aromatic heterocycles. The predicted molar refractivity (Wildman–Crippen MR) is 141 cm³/mol. The van der Waals surface area contributed by atoms with E-state index in [0.29, 0.717) is 13.0 Å². The van der Waals surface area contributed by atoms with Crippen LogP contribution in [0.3, 0.4) is 0 Å². The van der Waals surface area contributed by atoms with E-state index in [9.17, 15) is 4.79 Å². The molecule has 33 heavy (non-hydrogen) atoms.